The quantitative estimate of drug-likeness (QED) is 0.267. The highest BCUT2D eigenvalue weighted by Crippen LogP contribution is 2.33. The van der Waals surface area contributed by atoms with Crippen LogP contribution in [0.1, 0.15) is 38.4 Å². The highest BCUT2D eigenvalue weighted by Gasteiger charge is 2.18. The SMILES string of the molecule is CCCCCCOc1c(/C(N)=N/O)oc2ccccc12. The molecule has 0 aliphatic heterocycles. The van der Waals surface area contributed by atoms with Crippen LogP contribution in [0.15, 0.2) is 33.8 Å². The largest absolute Gasteiger partial charge is 0.489 e. The molecule has 5 nitrogen and oxygen atoms in total. The summed E-state index contributed by atoms with van der Waals surface area (Å²) in [5.74, 6) is 0.751. The summed E-state index contributed by atoms with van der Waals surface area (Å²) in [5.41, 5.74) is 6.30. The van der Waals surface area contributed by atoms with Gasteiger partial charge in [-0.3, -0.25) is 0 Å². The van der Waals surface area contributed by atoms with E-state index in [1.165, 1.54) is 12.8 Å². The molecule has 2 aromatic rings. The molecular formula is C15H20N2O3. The zero-order valence-corrected chi connectivity index (χ0v) is 11.6. The summed E-state index contributed by atoms with van der Waals surface area (Å²) in [5, 5.41) is 12.7. The van der Waals surface area contributed by atoms with Gasteiger partial charge in [0, 0.05) is 0 Å². The summed E-state index contributed by atoms with van der Waals surface area (Å²) >= 11 is 0. The molecule has 0 unspecified atom stereocenters. The zero-order valence-electron chi connectivity index (χ0n) is 11.6. The Bertz CT molecular complexity index is 590. The van der Waals surface area contributed by atoms with Crippen molar-refractivity contribution in [3.8, 4) is 5.75 Å². The van der Waals surface area contributed by atoms with E-state index in [-0.39, 0.29) is 11.6 Å². The first-order chi connectivity index (χ1) is 9.77. The smallest absolute Gasteiger partial charge is 0.215 e. The van der Waals surface area contributed by atoms with Gasteiger partial charge in [-0.2, -0.15) is 0 Å². The minimum Gasteiger partial charge on any atom is -0.489 e. The van der Waals surface area contributed by atoms with E-state index >= 15 is 0 Å². The highest BCUT2D eigenvalue weighted by atomic mass is 16.5. The lowest BCUT2D eigenvalue weighted by Gasteiger charge is -2.06. The van der Waals surface area contributed by atoms with Crippen molar-refractivity contribution in [2.45, 2.75) is 32.6 Å². The van der Waals surface area contributed by atoms with Crippen molar-refractivity contribution in [1.29, 1.82) is 0 Å². The van der Waals surface area contributed by atoms with Gasteiger partial charge in [-0.05, 0) is 18.6 Å². The average molecular weight is 276 g/mol. The highest BCUT2D eigenvalue weighted by molar-refractivity contribution is 6.03. The molecule has 1 aromatic heterocycles. The Morgan fingerprint density at radius 2 is 2.10 bits per heavy atom. The summed E-state index contributed by atoms with van der Waals surface area (Å²) in [6.07, 6.45) is 4.49. The predicted molar refractivity (Wildman–Crippen MR) is 78.4 cm³/mol. The molecule has 0 spiro atoms. The second-order valence-electron chi connectivity index (χ2n) is 4.65. The maximum Gasteiger partial charge on any atom is 0.215 e. The van der Waals surface area contributed by atoms with E-state index in [4.69, 9.17) is 20.1 Å². The van der Waals surface area contributed by atoms with Crippen LogP contribution in [0.2, 0.25) is 0 Å². The first kappa shape index (κ1) is 14.2. The molecule has 2 rings (SSSR count). The van der Waals surface area contributed by atoms with E-state index < -0.39 is 0 Å². The van der Waals surface area contributed by atoms with Crippen molar-refractivity contribution in [3.63, 3.8) is 0 Å². The van der Waals surface area contributed by atoms with Gasteiger partial charge in [0.15, 0.2) is 5.75 Å². The van der Waals surface area contributed by atoms with Gasteiger partial charge in [-0.25, -0.2) is 0 Å². The Balaban J connectivity index is 2.20. The molecular weight excluding hydrogens is 256 g/mol. The number of oxime groups is 1. The summed E-state index contributed by atoms with van der Waals surface area (Å²) in [4.78, 5) is 0. The lowest BCUT2D eigenvalue weighted by molar-refractivity contribution is 0.300. The van der Waals surface area contributed by atoms with Crippen LogP contribution >= 0.6 is 0 Å². The van der Waals surface area contributed by atoms with Crippen molar-refractivity contribution in [2.24, 2.45) is 10.9 Å². The molecule has 0 amide bonds. The number of fused-ring (bicyclic) bond motifs is 1. The van der Waals surface area contributed by atoms with Gasteiger partial charge in [0.2, 0.25) is 11.6 Å². The number of nitrogens with two attached hydrogens (primary N) is 1. The van der Waals surface area contributed by atoms with E-state index in [1.54, 1.807) is 0 Å². The van der Waals surface area contributed by atoms with Crippen molar-refractivity contribution in [3.05, 3.63) is 30.0 Å². The summed E-state index contributed by atoms with van der Waals surface area (Å²) in [6, 6.07) is 7.49. The maximum absolute atomic E-state index is 8.83. The molecule has 20 heavy (non-hydrogen) atoms. The van der Waals surface area contributed by atoms with Crippen LogP contribution in [0.4, 0.5) is 0 Å². The third-order valence-electron chi connectivity index (χ3n) is 3.13. The molecule has 0 bridgehead atoms. The third-order valence-corrected chi connectivity index (χ3v) is 3.13. The molecule has 0 aliphatic rings. The van der Waals surface area contributed by atoms with Gasteiger partial charge >= 0.3 is 0 Å². The predicted octanol–water partition coefficient (Wildman–Crippen LogP) is 3.49. The standard InChI is InChI=1S/C15H20N2O3/c1-2-3-4-7-10-19-13-11-8-5-6-9-12(11)20-14(13)15(16)17-18/h5-6,8-9,18H,2-4,7,10H2,1H3,(H2,16,17). The number of hydrogen-bond acceptors (Lipinski definition) is 4. The van der Waals surface area contributed by atoms with Crippen molar-refractivity contribution < 1.29 is 14.4 Å². The van der Waals surface area contributed by atoms with E-state index in [1.807, 2.05) is 24.3 Å². The number of hydrogen-bond donors (Lipinski definition) is 2. The lowest BCUT2D eigenvalue weighted by Crippen LogP contribution is -2.13. The van der Waals surface area contributed by atoms with E-state index in [0.717, 1.165) is 18.2 Å². The number of unbranched alkanes of at least 4 members (excludes halogenated alkanes) is 3. The van der Waals surface area contributed by atoms with Gasteiger partial charge in [0.05, 0.1) is 12.0 Å². The van der Waals surface area contributed by atoms with Gasteiger partial charge < -0.3 is 20.1 Å². The number of nitrogens with zero attached hydrogens (tertiary/aromatic N) is 1. The molecule has 0 radical (unpaired) electrons. The fourth-order valence-electron chi connectivity index (χ4n) is 2.08. The van der Waals surface area contributed by atoms with Crippen LogP contribution in [0.3, 0.4) is 0 Å². The third kappa shape index (κ3) is 3.04. The summed E-state index contributed by atoms with van der Waals surface area (Å²) in [6.45, 7) is 2.76. The minimum atomic E-state index is -0.0789. The van der Waals surface area contributed by atoms with E-state index in [0.29, 0.717) is 17.9 Å². The molecule has 0 aliphatic carbocycles. The van der Waals surface area contributed by atoms with Gasteiger partial charge in [0.25, 0.3) is 0 Å². The fraction of sp³-hybridized carbons (Fsp3) is 0.400. The number of amidine groups is 1. The molecule has 0 saturated carbocycles. The minimum absolute atomic E-state index is 0.0789. The van der Waals surface area contributed by atoms with Crippen LogP contribution < -0.4 is 10.5 Å². The Morgan fingerprint density at radius 1 is 1.30 bits per heavy atom. The number of rotatable bonds is 7. The monoisotopic (exact) mass is 276 g/mol. The number of furan rings is 1. The molecule has 5 heteroatoms. The normalized spacial score (nSPS) is 11.9. The Hall–Kier alpha value is -2.17. The number of para-hydroxylation sites is 1. The number of benzene rings is 1. The van der Waals surface area contributed by atoms with Crippen LogP contribution in [-0.4, -0.2) is 17.6 Å². The second kappa shape index (κ2) is 6.84. The first-order valence-electron chi connectivity index (χ1n) is 6.90. The van der Waals surface area contributed by atoms with Crippen molar-refractivity contribution in [1.82, 2.24) is 0 Å². The molecule has 1 aromatic carbocycles. The van der Waals surface area contributed by atoms with Crippen molar-refractivity contribution >= 4 is 16.8 Å². The Morgan fingerprint density at radius 3 is 2.85 bits per heavy atom. The zero-order chi connectivity index (χ0) is 14.4. The number of ether oxygens (including phenoxy) is 1. The first-order valence-corrected chi connectivity index (χ1v) is 6.90. The van der Waals surface area contributed by atoms with Crippen LogP contribution in [0, 0.1) is 0 Å². The molecule has 0 saturated heterocycles. The van der Waals surface area contributed by atoms with Gasteiger partial charge in [-0.15, -0.1) is 0 Å². The lowest BCUT2D eigenvalue weighted by atomic mass is 10.2. The summed E-state index contributed by atoms with van der Waals surface area (Å²) in [7, 11) is 0. The topological polar surface area (TPSA) is 81.0 Å². The second-order valence-corrected chi connectivity index (χ2v) is 4.65. The molecule has 108 valence electrons. The maximum atomic E-state index is 8.83. The van der Waals surface area contributed by atoms with Crippen LogP contribution in [0.5, 0.6) is 5.75 Å². The van der Waals surface area contributed by atoms with E-state index in [2.05, 4.69) is 12.1 Å². The Kier molecular flexibility index (Phi) is 4.87. The van der Waals surface area contributed by atoms with E-state index in [9.17, 15) is 0 Å². The van der Waals surface area contributed by atoms with Crippen molar-refractivity contribution in [2.75, 3.05) is 6.61 Å². The molecule has 0 fully saturated rings. The van der Waals surface area contributed by atoms with Crippen LogP contribution in [-0.2, 0) is 0 Å². The molecule has 0 atom stereocenters. The van der Waals surface area contributed by atoms with Crippen LogP contribution in [0.25, 0.3) is 11.0 Å². The fourth-order valence-corrected chi connectivity index (χ4v) is 2.08. The average Bonchev–Trinajstić information content (AvgIpc) is 2.85. The van der Waals surface area contributed by atoms with Gasteiger partial charge in [0.1, 0.15) is 5.58 Å². The Labute approximate surface area is 118 Å². The summed E-state index contributed by atoms with van der Waals surface area (Å²) < 4.78 is 11.4. The van der Waals surface area contributed by atoms with Gasteiger partial charge in [-0.1, -0.05) is 43.5 Å². The molecule has 3 N–H and O–H groups in total. The molecule has 1 heterocycles.